The summed E-state index contributed by atoms with van der Waals surface area (Å²) in [6.07, 6.45) is 11.2. The Labute approximate surface area is 174 Å². The number of nitrogens with one attached hydrogen (secondary N) is 1. The van der Waals surface area contributed by atoms with Gasteiger partial charge in [-0.1, -0.05) is 23.7 Å². The van der Waals surface area contributed by atoms with Crippen LogP contribution in [0.5, 0.6) is 0 Å². The molecule has 1 aromatic carbocycles. The minimum Gasteiger partial charge on any atom is -0.370 e. The van der Waals surface area contributed by atoms with Gasteiger partial charge in [0.05, 0.1) is 12.0 Å². The predicted octanol–water partition coefficient (Wildman–Crippen LogP) is 4.63. The van der Waals surface area contributed by atoms with E-state index in [2.05, 4.69) is 20.9 Å². The van der Waals surface area contributed by atoms with Crippen molar-refractivity contribution in [2.45, 2.75) is 38.6 Å². The number of benzene rings is 1. The summed E-state index contributed by atoms with van der Waals surface area (Å²) in [5.41, 5.74) is 5.38. The zero-order valence-corrected chi connectivity index (χ0v) is 16.9. The van der Waals surface area contributed by atoms with E-state index in [4.69, 9.17) is 21.7 Å². The van der Waals surface area contributed by atoms with Gasteiger partial charge in [0, 0.05) is 53.4 Å². The Morgan fingerprint density at radius 3 is 2.79 bits per heavy atom. The fourth-order valence-electron chi connectivity index (χ4n) is 3.98. The highest BCUT2D eigenvalue weighted by Gasteiger charge is 2.20. The molecule has 1 aliphatic carbocycles. The second-order valence-electron chi connectivity index (χ2n) is 7.48. The number of aromatic nitrogens is 5. The molecule has 0 saturated carbocycles. The number of hydrogen-bond acceptors (Lipinski definition) is 4. The Morgan fingerprint density at radius 1 is 1.10 bits per heavy atom. The summed E-state index contributed by atoms with van der Waals surface area (Å²) in [5, 5.41) is 9.27. The molecule has 0 saturated heterocycles. The Balaban J connectivity index is 1.46. The SMILES string of the molecule is Clc1ccc(-c2cc3nc4c(c(NCCCn5ccnc5)n3n2)CCCC4)cc1. The van der Waals surface area contributed by atoms with Crippen molar-refractivity contribution >= 4 is 23.1 Å². The van der Waals surface area contributed by atoms with Crippen LogP contribution >= 0.6 is 11.6 Å². The average Bonchev–Trinajstić information content (AvgIpc) is 3.40. The number of imidazole rings is 1. The molecule has 4 aromatic rings. The maximum atomic E-state index is 6.04. The molecule has 148 valence electrons. The standard InChI is InChI=1S/C22H23ClN6/c23-17-8-6-16(7-9-17)20-14-21-26-19-5-2-1-4-18(19)22(29(21)27-20)25-10-3-12-28-13-11-24-15-28/h6-9,11,13-15,25H,1-5,10,12H2. The van der Waals surface area contributed by atoms with E-state index in [0.29, 0.717) is 0 Å². The van der Waals surface area contributed by atoms with Gasteiger partial charge in [-0.05, 0) is 44.2 Å². The zero-order valence-electron chi connectivity index (χ0n) is 16.2. The maximum absolute atomic E-state index is 6.04. The van der Waals surface area contributed by atoms with Crippen LogP contribution in [0, 0.1) is 0 Å². The summed E-state index contributed by atoms with van der Waals surface area (Å²) < 4.78 is 4.08. The van der Waals surface area contributed by atoms with E-state index in [9.17, 15) is 0 Å². The first kappa shape index (κ1) is 18.2. The number of nitrogens with zero attached hydrogens (tertiary/aromatic N) is 5. The van der Waals surface area contributed by atoms with Gasteiger partial charge in [-0.3, -0.25) is 0 Å². The lowest BCUT2D eigenvalue weighted by Crippen LogP contribution is -2.16. The van der Waals surface area contributed by atoms with Crippen LogP contribution in [-0.2, 0) is 19.4 Å². The normalized spacial score (nSPS) is 13.6. The summed E-state index contributed by atoms with van der Waals surface area (Å²) in [7, 11) is 0. The van der Waals surface area contributed by atoms with Gasteiger partial charge in [0.2, 0.25) is 0 Å². The Kier molecular flexibility index (Phi) is 4.94. The number of aryl methyl sites for hydroxylation is 2. The molecule has 3 aromatic heterocycles. The van der Waals surface area contributed by atoms with Crippen LogP contribution in [0.1, 0.15) is 30.5 Å². The summed E-state index contributed by atoms with van der Waals surface area (Å²) >= 11 is 6.04. The van der Waals surface area contributed by atoms with Crippen LogP contribution in [0.3, 0.4) is 0 Å². The van der Waals surface area contributed by atoms with Gasteiger partial charge in [-0.15, -0.1) is 0 Å². The molecular weight excluding hydrogens is 384 g/mol. The molecule has 5 rings (SSSR count). The third-order valence-electron chi connectivity index (χ3n) is 5.46. The van der Waals surface area contributed by atoms with Crippen molar-refractivity contribution in [2.24, 2.45) is 0 Å². The van der Waals surface area contributed by atoms with E-state index in [1.54, 1.807) is 0 Å². The van der Waals surface area contributed by atoms with Crippen molar-refractivity contribution in [3.05, 3.63) is 65.3 Å². The number of rotatable bonds is 6. The Bertz CT molecular complexity index is 1110. The molecule has 0 radical (unpaired) electrons. The minimum atomic E-state index is 0.728. The van der Waals surface area contributed by atoms with E-state index in [0.717, 1.165) is 60.1 Å². The van der Waals surface area contributed by atoms with Crippen LogP contribution in [0.25, 0.3) is 16.9 Å². The first-order valence-corrected chi connectivity index (χ1v) is 10.5. The largest absolute Gasteiger partial charge is 0.370 e. The number of halogens is 1. The Hall–Kier alpha value is -2.86. The molecule has 0 spiro atoms. The molecular formula is C22H23ClN6. The van der Waals surface area contributed by atoms with E-state index in [-0.39, 0.29) is 0 Å². The van der Waals surface area contributed by atoms with Crippen LogP contribution in [0.4, 0.5) is 5.82 Å². The molecule has 6 nitrogen and oxygen atoms in total. The van der Waals surface area contributed by atoms with Crippen LogP contribution in [0.2, 0.25) is 5.02 Å². The van der Waals surface area contributed by atoms with E-state index < -0.39 is 0 Å². The predicted molar refractivity (Wildman–Crippen MR) is 115 cm³/mol. The molecule has 7 heteroatoms. The highest BCUT2D eigenvalue weighted by Crippen LogP contribution is 2.30. The lowest BCUT2D eigenvalue weighted by Gasteiger charge is -2.20. The van der Waals surface area contributed by atoms with Crippen LogP contribution in [-0.4, -0.2) is 30.7 Å². The molecule has 0 atom stereocenters. The van der Waals surface area contributed by atoms with Gasteiger partial charge in [-0.2, -0.15) is 9.61 Å². The van der Waals surface area contributed by atoms with Gasteiger partial charge in [-0.25, -0.2) is 9.97 Å². The summed E-state index contributed by atoms with van der Waals surface area (Å²) in [6.45, 7) is 1.82. The van der Waals surface area contributed by atoms with E-state index in [1.807, 2.05) is 47.5 Å². The van der Waals surface area contributed by atoms with Gasteiger partial charge in [0.25, 0.3) is 0 Å². The summed E-state index contributed by atoms with van der Waals surface area (Å²) in [4.78, 5) is 9.04. The Morgan fingerprint density at radius 2 is 1.97 bits per heavy atom. The number of fused-ring (bicyclic) bond motifs is 2. The quantitative estimate of drug-likeness (QED) is 0.474. The lowest BCUT2D eigenvalue weighted by atomic mass is 9.96. The first-order valence-electron chi connectivity index (χ1n) is 10.1. The fraction of sp³-hybridized carbons (Fsp3) is 0.318. The van der Waals surface area contributed by atoms with Crippen molar-refractivity contribution in [1.29, 1.82) is 0 Å². The van der Waals surface area contributed by atoms with Crippen LogP contribution in [0.15, 0.2) is 49.1 Å². The minimum absolute atomic E-state index is 0.728. The van der Waals surface area contributed by atoms with Crippen molar-refractivity contribution in [3.8, 4) is 11.3 Å². The molecule has 1 N–H and O–H groups in total. The molecule has 0 unspecified atom stereocenters. The van der Waals surface area contributed by atoms with Crippen molar-refractivity contribution in [2.75, 3.05) is 11.9 Å². The molecule has 0 amide bonds. The third-order valence-corrected chi connectivity index (χ3v) is 5.71. The van der Waals surface area contributed by atoms with Gasteiger partial charge in [0.1, 0.15) is 5.82 Å². The lowest BCUT2D eigenvalue weighted by molar-refractivity contribution is 0.648. The topological polar surface area (TPSA) is 60.0 Å². The molecule has 0 aliphatic heterocycles. The fourth-order valence-corrected chi connectivity index (χ4v) is 4.11. The molecule has 0 fully saturated rings. The van der Waals surface area contributed by atoms with Crippen molar-refractivity contribution in [3.63, 3.8) is 0 Å². The zero-order chi connectivity index (χ0) is 19.6. The molecule has 0 bridgehead atoms. The third kappa shape index (κ3) is 3.72. The van der Waals surface area contributed by atoms with Gasteiger partial charge >= 0.3 is 0 Å². The highest BCUT2D eigenvalue weighted by atomic mass is 35.5. The molecule has 29 heavy (non-hydrogen) atoms. The van der Waals surface area contributed by atoms with Crippen LogP contribution < -0.4 is 5.32 Å². The van der Waals surface area contributed by atoms with Crippen molar-refractivity contribution < 1.29 is 0 Å². The van der Waals surface area contributed by atoms with Gasteiger partial charge in [0.15, 0.2) is 5.65 Å². The average molecular weight is 407 g/mol. The second-order valence-corrected chi connectivity index (χ2v) is 7.92. The number of anilines is 1. The highest BCUT2D eigenvalue weighted by molar-refractivity contribution is 6.30. The second kappa shape index (κ2) is 7.87. The van der Waals surface area contributed by atoms with E-state index in [1.165, 1.54) is 24.1 Å². The molecule has 3 heterocycles. The number of hydrogen-bond donors (Lipinski definition) is 1. The summed E-state index contributed by atoms with van der Waals surface area (Å²) in [5.74, 6) is 1.09. The first-order chi connectivity index (χ1) is 14.3. The monoisotopic (exact) mass is 406 g/mol. The van der Waals surface area contributed by atoms with Crippen molar-refractivity contribution in [1.82, 2.24) is 24.1 Å². The smallest absolute Gasteiger partial charge is 0.158 e. The summed E-state index contributed by atoms with van der Waals surface area (Å²) in [6, 6.07) is 9.86. The molecule has 1 aliphatic rings. The van der Waals surface area contributed by atoms with E-state index >= 15 is 0 Å². The maximum Gasteiger partial charge on any atom is 0.158 e. The van der Waals surface area contributed by atoms with Gasteiger partial charge < -0.3 is 9.88 Å².